The second kappa shape index (κ2) is 5.55. The first-order valence-corrected chi connectivity index (χ1v) is 4.97. The van der Waals surface area contributed by atoms with Crippen LogP contribution in [0.15, 0.2) is 0 Å². The number of nitrogens with two attached hydrogens (primary N) is 1. The molecule has 0 heterocycles. The van der Waals surface area contributed by atoms with Gasteiger partial charge >= 0.3 is 0 Å². The summed E-state index contributed by atoms with van der Waals surface area (Å²) in [6, 6.07) is 0.226. The topological polar surface area (TPSA) is 46.2 Å². The molecule has 0 aliphatic heterocycles. The van der Waals surface area contributed by atoms with Gasteiger partial charge in [-0.15, -0.1) is 0 Å². The molecule has 2 unspecified atom stereocenters. The summed E-state index contributed by atoms with van der Waals surface area (Å²) >= 11 is 0. The fraction of sp³-hybridized carbons (Fsp3) is 1.00. The molecule has 0 aromatic rings. The van der Waals surface area contributed by atoms with E-state index in [1.165, 1.54) is 0 Å². The molecule has 2 nitrogen and oxygen atoms in total. The zero-order valence-corrected chi connectivity index (χ0v) is 8.64. The van der Waals surface area contributed by atoms with Crippen LogP contribution in [0.25, 0.3) is 0 Å². The highest BCUT2D eigenvalue weighted by Gasteiger charge is 2.28. The fourth-order valence-electron chi connectivity index (χ4n) is 1.82. The van der Waals surface area contributed by atoms with Crippen molar-refractivity contribution in [1.29, 1.82) is 0 Å². The average molecular weight is 173 g/mol. The van der Waals surface area contributed by atoms with Gasteiger partial charge in [-0.2, -0.15) is 0 Å². The molecule has 0 bridgehead atoms. The highest BCUT2D eigenvalue weighted by atomic mass is 16.3. The summed E-state index contributed by atoms with van der Waals surface area (Å²) in [6.07, 6.45) is 4.08. The van der Waals surface area contributed by atoms with Crippen molar-refractivity contribution in [3.63, 3.8) is 0 Å². The van der Waals surface area contributed by atoms with Gasteiger partial charge in [0.05, 0.1) is 0 Å². The van der Waals surface area contributed by atoms with Crippen molar-refractivity contribution in [2.45, 2.75) is 52.5 Å². The number of hydrogen-bond acceptors (Lipinski definition) is 2. The van der Waals surface area contributed by atoms with Crippen LogP contribution in [0.2, 0.25) is 0 Å². The summed E-state index contributed by atoms with van der Waals surface area (Å²) < 4.78 is 0. The molecule has 0 amide bonds. The molecule has 0 saturated carbocycles. The molecule has 2 heteroatoms. The molecule has 0 aliphatic carbocycles. The number of rotatable bonds is 6. The number of aliphatic hydroxyl groups is 1. The molecule has 2 atom stereocenters. The maximum absolute atomic E-state index is 8.92. The van der Waals surface area contributed by atoms with E-state index in [0.29, 0.717) is 0 Å². The van der Waals surface area contributed by atoms with E-state index in [2.05, 4.69) is 20.8 Å². The van der Waals surface area contributed by atoms with Crippen molar-refractivity contribution in [1.82, 2.24) is 0 Å². The Morgan fingerprint density at radius 1 is 1.33 bits per heavy atom. The van der Waals surface area contributed by atoms with Crippen LogP contribution in [0.1, 0.15) is 46.5 Å². The molecule has 0 rings (SSSR count). The fourth-order valence-corrected chi connectivity index (χ4v) is 1.82. The second-order valence-corrected chi connectivity index (χ2v) is 3.89. The first-order chi connectivity index (χ1) is 5.60. The van der Waals surface area contributed by atoms with Crippen molar-refractivity contribution in [3.8, 4) is 0 Å². The Balaban J connectivity index is 4.15. The van der Waals surface area contributed by atoms with Crippen molar-refractivity contribution >= 4 is 0 Å². The van der Waals surface area contributed by atoms with E-state index in [-0.39, 0.29) is 18.1 Å². The lowest BCUT2D eigenvalue weighted by Gasteiger charge is -2.34. The summed E-state index contributed by atoms with van der Waals surface area (Å²) in [6.45, 7) is 6.71. The van der Waals surface area contributed by atoms with Gasteiger partial charge in [-0.25, -0.2) is 0 Å². The first-order valence-electron chi connectivity index (χ1n) is 4.97. The Morgan fingerprint density at radius 2 is 1.92 bits per heavy atom. The van der Waals surface area contributed by atoms with Gasteiger partial charge in [0, 0.05) is 12.6 Å². The Hall–Kier alpha value is -0.0800. The molecule has 74 valence electrons. The molecule has 0 fully saturated rings. The van der Waals surface area contributed by atoms with E-state index in [1.807, 2.05) is 0 Å². The van der Waals surface area contributed by atoms with Crippen LogP contribution in [0.4, 0.5) is 0 Å². The molecule has 3 N–H and O–H groups in total. The largest absolute Gasteiger partial charge is 0.396 e. The molecule has 0 aromatic carbocycles. The molecule has 0 aliphatic rings. The van der Waals surface area contributed by atoms with Crippen molar-refractivity contribution < 1.29 is 5.11 Å². The second-order valence-electron chi connectivity index (χ2n) is 3.89. The van der Waals surface area contributed by atoms with Gasteiger partial charge in [0.25, 0.3) is 0 Å². The van der Waals surface area contributed by atoms with Gasteiger partial charge < -0.3 is 10.8 Å². The maximum Gasteiger partial charge on any atom is 0.0436 e. The van der Waals surface area contributed by atoms with Crippen molar-refractivity contribution in [2.75, 3.05) is 6.61 Å². The van der Waals surface area contributed by atoms with Crippen LogP contribution in [0.3, 0.4) is 0 Å². The first kappa shape index (κ1) is 11.9. The highest BCUT2D eigenvalue weighted by Crippen LogP contribution is 2.31. The van der Waals surface area contributed by atoms with Crippen LogP contribution in [-0.2, 0) is 0 Å². The number of hydrogen-bond donors (Lipinski definition) is 2. The van der Waals surface area contributed by atoms with Crippen molar-refractivity contribution in [3.05, 3.63) is 0 Å². The maximum atomic E-state index is 8.92. The molecule has 0 radical (unpaired) electrons. The number of aliphatic hydroxyl groups excluding tert-OH is 1. The Morgan fingerprint density at radius 3 is 2.25 bits per heavy atom. The normalized spacial score (nSPS) is 18.8. The Labute approximate surface area is 76.2 Å². The van der Waals surface area contributed by atoms with E-state index >= 15 is 0 Å². The van der Waals surface area contributed by atoms with Crippen molar-refractivity contribution in [2.24, 2.45) is 11.1 Å². The quantitative estimate of drug-likeness (QED) is 0.644. The average Bonchev–Trinajstić information content (AvgIpc) is 2.04. The minimum atomic E-state index is 0.137. The van der Waals surface area contributed by atoms with Crippen LogP contribution in [0, 0.1) is 5.41 Å². The van der Waals surface area contributed by atoms with Gasteiger partial charge in [-0.3, -0.25) is 0 Å². The molecule has 0 saturated heterocycles. The molecule has 0 aromatic heterocycles. The summed E-state index contributed by atoms with van der Waals surface area (Å²) in [4.78, 5) is 0. The lowest BCUT2D eigenvalue weighted by molar-refractivity contribution is 0.151. The SMILES string of the molecule is CCCC(C)(CCO)C(N)CC. The van der Waals surface area contributed by atoms with Crippen LogP contribution >= 0.6 is 0 Å². The minimum absolute atomic E-state index is 0.137. The lowest BCUT2D eigenvalue weighted by atomic mass is 9.75. The zero-order chi connectivity index (χ0) is 9.61. The predicted molar refractivity (Wildman–Crippen MR) is 53.0 cm³/mol. The Kier molecular flexibility index (Phi) is 5.51. The van der Waals surface area contributed by atoms with E-state index in [0.717, 1.165) is 25.7 Å². The minimum Gasteiger partial charge on any atom is -0.396 e. The van der Waals surface area contributed by atoms with Crippen LogP contribution in [-0.4, -0.2) is 17.8 Å². The molecule has 0 spiro atoms. The van der Waals surface area contributed by atoms with E-state index < -0.39 is 0 Å². The lowest BCUT2D eigenvalue weighted by Crippen LogP contribution is -2.39. The summed E-state index contributed by atoms with van der Waals surface area (Å²) in [5.74, 6) is 0. The molecular weight excluding hydrogens is 150 g/mol. The standard InChI is InChI=1S/C10H23NO/c1-4-6-10(3,7-8-12)9(11)5-2/h9,12H,4-8,11H2,1-3H3. The predicted octanol–water partition coefficient (Wildman–Crippen LogP) is 1.91. The van der Waals surface area contributed by atoms with Gasteiger partial charge in [-0.1, -0.05) is 27.2 Å². The van der Waals surface area contributed by atoms with E-state index in [1.54, 1.807) is 0 Å². The summed E-state index contributed by atoms with van der Waals surface area (Å²) in [7, 11) is 0. The van der Waals surface area contributed by atoms with E-state index in [9.17, 15) is 0 Å². The zero-order valence-electron chi connectivity index (χ0n) is 8.64. The summed E-state index contributed by atoms with van der Waals surface area (Å²) in [5.41, 5.74) is 6.15. The van der Waals surface area contributed by atoms with Gasteiger partial charge in [-0.05, 0) is 24.7 Å². The van der Waals surface area contributed by atoms with E-state index in [4.69, 9.17) is 10.8 Å². The Bertz CT molecular complexity index is 108. The van der Waals surface area contributed by atoms with Gasteiger partial charge in [0.1, 0.15) is 0 Å². The van der Waals surface area contributed by atoms with Crippen LogP contribution < -0.4 is 5.73 Å². The van der Waals surface area contributed by atoms with Crippen LogP contribution in [0.5, 0.6) is 0 Å². The summed E-state index contributed by atoms with van der Waals surface area (Å²) in [5, 5.41) is 8.92. The smallest absolute Gasteiger partial charge is 0.0436 e. The highest BCUT2D eigenvalue weighted by molar-refractivity contribution is 4.83. The van der Waals surface area contributed by atoms with Gasteiger partial charge in [0.15, 0.2) is 0 Å². The third-order valence-electron chi connectivity index (χ3n) is 2.84. The monoisotopic (exact) mass is 173 g/mol. The third kappa shape index (κ3) is 3.11. The van der Waals surface area contributed by atoms with Gasteiger partial charge in [0.2, 0.25) is 0 Å². The third-order valence-corrected chi connectivity index (χ3v) is 2.84. The molecular formula is C10H23NO. The molecule has 12 heavy (non-hydrogen) atoms.